The second-order valence-corrected chi connectivity index (χ2v) is 16.8. The van der Waals surface area contributed by atoms with Gasteiger partial charge in [-0.3, -0.25) is 0 Å². The Bertz CT molecular complexity index is 4080. The molecule has 0 spiro atoms. The van der Waals surface area contributed by atoms with E-state index in [1.165, 1.54) is 109 Å². The highest BCUT2D eigenvalue weighted by molar-refractivity contribution is 6.27. The molecule has 14 aromatic rings. The first-order chi connectivity index (χ1) is 30.2. The van der Waals surface area contributed by atoms with Crippen molar-refractivity contribution in [2.45, 2.75) is 0 Å². The van der Waals surface area contributed by atoms with Crippen molar-refractivity contribution in [3.63, 3.8) is 0 Å². The Morgan fingerprint density at radius 2 is 0.689 bits per heavy atom. The van der Waals surface area contributed by atoms with Gasteiger partial charge in [-0.25, -0.2) is 0 Å². The molecule has 280 valence electrons. The number of furan rings is 1. The molecule has 1 heterocycles. The van der Waals surface area contributed by atoms with Crippen LogP contribution in [0.4, 0.5) is 0 Å². The monoisotopic (exact) mass is 770 g/mol. The fraction of sp³-hybridized carbons (Fsp3) is 0. The van der Waals surface area contributed by atoms with E-state index < -0.39 is 0 Å². The summed E-state index contributed by atoms with van der Waals surface area (Å²) in [7, 11) is 0. The quantitative estimate of drug-likeness (QED) is 0.162. The van der Waals surface area contributed by atoms with Crippen LogP contribution in [0.5, 0.6) is 0 Å². The zero-order valence-corrected chi connectivity index (χ0v) is 33.0. The van der Waals surface area contributed by atoms with Crippen molar-refractivity contribution in [1.82, 2.24) is 0 Å². The van der Waals surface area contributed by atoms with Crippen LogP contribution in [0.15, 0.2) is 211 Å². The van der Waals surface area contributed by atoms with Crippen molar-refractivity contribution in [3.8, 4) is 44.5 Å². The molecule has 61 heavy (non-hydrogen) atoms. The fourth-order valence-electron chi connectivity index (χ4n) is 10.7. The van der Waals surface area contributed by atoms with Crippen LogP contribution in [0.25, 0.3) is 142 Å². The average Bonchev–Trinajstić information content (AvgIpc) is 3.72. The van der Waals surface area contributed by atoms with Crippen LogP contribution in [0.3, 0.4) is 0 Å². The minimum atomic E-state index is 0.899. The lowest BCUT2D eigenvalue weighted by Crippen LogP contribution is -1.89. The number of rotatable bonds is 4. The van der Waals surface area contributed by atoms with Crippen LogP contribution in [0.1, 0.15) is 0 Å². The Kier molecular flexibility index (Phi) is 6.62. The first kappa shape index (κ1) is 32.9. The van der Waals surface area contributed by atoms with Crippen LogP contribution in [0.2, 0.25) is 0 Å². The van der Waals surface area contributed by atoms with Gasteiger partial charge in [0, 0.05) is 16.3 Å². The van der Waals surface area contributed by atoms with Crippen LogP contribution in [-0.4, -0.2) is 0 Å². The van der Waals surface area contributed by atoms with Gasteiger partial charge >= 0.3 is 0 Å². The van der Waals surface area contributed by atoms with Gasteiger partial charge in [0.2, 0.25) is 0 Å². The highest BCUT2D eigenvalue weighted by Gasteiger charge is 2.19. The van der Waals surface area contributed by atoms with Crippen LogP contribution in [0, 0.1) is 0 Å². The van der Waals surface area contributed by atoms with Crippen molar-refractivity contribution in [3.05, 3.63) is 206 Å². The van der Waals surface area contributed by atoms with Crippen molar-refractivity contribution in [2.24, 2.45) is 0 Å². The highest BCUT2D eigenvalue weighted by Crippen LogP contribution is 2.45. The van der Waals surface area contributed by atoms with Crippen molar-refractivity contribution in [2.75, 3.05) is 0 Å². The van der Waals surface area contributed by atoms with E-state index in [0.29, 0.717) is 0 Å². The fourth-order valence-corrected chi connectivity index (χ4v) is 10.7. The normalized spacial score (nSPS) is 12.3. The Balaban J connectivity index is 0.926. The summed E-state index contributed by atoms with van der Waals surface area (Å²) in [6.07, 6.45) is 0. The molecule has 1 aromatic heterocycles. The topological polar surface area (TPSA) is 13.1 Å². The summed E-state index contributed by atoms with van der Waals surface area (Å²) in [6.45, 7) is 0. The van der Waals surface area contributed by atoms with E-state index in [0.717, 1.165) is 33.1 Å². The molecular weight excluding hydrogens is 737 g/mol. The molecule has 0 radical (unpaired) electrons. The molecule has 13 aromatic carbocycles. The van der Waals surface area contributed by atoms with Gasteiger partial charge in [0.05, 0.1) is 0 Å². The number of hydrogen-bond acceptors (Lipinski definition) is 1. The van der Waals surface area contributed by atoms with Gasteiger partial charge in [-0.1, -0.05) is 176 Å². The smallest absolute Gasteiger partial charge is 0.143 e. The molecular formula is C60H34O. The summed E-state index contributed by atoms with van der Waals surface area (Å²) in [5.74, 6) is 0. The maximum Gasteiger partial charge on any atom is 0.143 e. The van der Waals surface area contributed by atoms with Gasteiger partial charge in [-0.15, -0.1) is 0 Å². The molecule has 0 unspecified atom stereocenters. The van der Waals surface area contributed by atoms with Gasteiger partial charge in [-0.2, -0.15) is 0 Å². The Morgan fingerprint density at radius 1 is 0.230 bits per heavy atom. The van der Waals surface area contributed by atoms with Crippen LogP contribution in [-0.2, 0) is 0 Å². The summed E-state index contributed by atoms with van der Waals surface area (Å²) in [4.78, 5) is 0. The van der Waals surface area contributed by atoms with Crippen LogP contribution >= 0.6 is 0 Å². The Hall–Kier alpha value is -8.00. The molecule has 0 N–H and O–H groups in total. The zero-order valence-electron chi connectivity index (χ0n) is 33.0. The first-order valence-corrected chi connectivity index (χ1v) is 21.1. The SMILES string of the molecule is c1cc(-c2ccc3cc(-c4cccc(-c5ccc6ccc7cccc8ccc5c6c78)c4)c4oc5ccccc5c4c3c2)cc(-c2ccc3ccc4cccc5ccc2c3c45)c1. The van der Waals surface area contributed by atoms with Crippen molar-refractivity contribution < 1.29 is 4.42 Å². The number of fused-ring (bicyclic) bond motifs is 5. The third kappa shape index (κ3) is 4.72. The standard InChI is InChI=1S/C60H34O/c1-2-16-54-51(15-1)59-52-33-42(41-11-5-12-43(31-41)47-27-23-39-19-17-35-7-3-9-37-25-29-49(47)57(39)55(35)37)21-22-46(52)34-53(60(59)61-54)45-14-6-13-44(32-45)48-28-24-40-20-18-36-8-4-10-38-26-30-50(48)58(40)56(36)38/h1-34H. The molecule has 0 amide bonds. The zero-order chi connectivity index (χ0) is 39.8. The molecule has 0 saturated carbocycles. The minimum absolute atomic E-state index is 0.899. The van der Waals surface area contributed by atoms with Gasteiger partial charge in [-0.05, 0) is 145 Å². The lowest BCUT2D eigenvalue weighted by atomic mass is 9.88. The summed E-state index contributed by atoms with van der Waals surface area (Å²) in [6, 6.07) is 76.4. The Labute approximate surface area is 351 Å². The van der Waals surface area contributed by atoms with E-state index in [-0.39, 0.29) is 0 Å². The average molecular weight is 771 g/mol. The minimum Gasteiger partial charge on any atom is -0.455 e. The van der Waals surface area contributed by atoms with E-state index >= 15 is 0 Å². The van der Waals surface area contributed by atoms with E-state index in [4.69, 9.17) is 4.42 Å². The molecule has 0 bridgehead atoms. The van der Waals surface area contributed by atoms with Gasteiger partial charge < -0.3 is 4.42 Å². The Morgan fingerprint density at radius 3 is 1.31 bits per heavy atom. The third-order valence-corrected chi connectivity index (χ3v) is 13.5. The predicted molar refractivity (Wildman–Crippen MR) is 260 cm³/mol. The van der Waals surface area contributed by atoms with E-state index in [2.05, 4.69) is 206 Å². The second kappa shape index (κ2) is 12.3. The molecule has 14 rings (SSSR count). The van der Waals surface area contributed by atoms with Crippen molar-refractivity contribution >= 4 is 97.3 Å². The number of benzene rings is 13. The summed E-state index contributed by atoms with van der Waals surface area (Å²) in [5, 5.41) is 20.3. The summed E-state index contributed by atoms with van der Waals surface area (Å²) in [5.41, 5.74) is 11.3. The highest BCUT2D eigenvalue weighted by atomic mass is 16.3. The van der Waals surface area contributed by atoms with Crippen molar-refractivity contribution in [1.29, 1.82) is 0 Å². The van der Waals surface area contributed by atoms with E-state index in [1.807, 2.05) is 0 Å². The maximum atomic E-state index is 6.85. The first-order valence-electron chi connectivity index (χ1n) is 21.1. The van der Waals surface area contributed by atoms with Gasteiger partial charge in [0.25, 0.3) is 0 Å². The molecule has 0 saturated heterocycles. The molecule has 0 fully saturated rings. The second-order valence-electron chi connectivity index (χ2n) is 16.8. The van der Waals surface area contributed by atoms with E-state index in [1.54, 1.807) is 0 Å². The molecule has 0 aliphatic carbocycles. The number of hydrogen-bond donors (Lipinski definition) is 0. The van der Waals surface area contributed by atoms with Gasteiger partial charge in [0.15, 0.2) is 0 Å². The van der Waals surface area contributed by atoms with E-state index in [9.17, 15) is 0 Å². The summed E-state index contributed by atoms with van der Waals surface area (Å²) < 4.78 is 6.85. The molecule has 0 aliphatic rings. The third-order valence-electron chi connectivity index (χ3n) is 13.5. The molecule has 0 aliphatic heterocycles. The van der Waals surface area contributed by atoms with Gasteiger partial charge in [0.1, 0.15) is 11.2 Å². The molecule has 1 nitrogen and oxygen atoms in total. The lowest BCUT2D eigenvalue weighted by Gasteiger charge is -2.15. The predicted octanol–water partition coefficient (Wildman–Crippen LogP) is 17.2. The maximum absolute atomic E-state index is 6.85. The largest absolute Gasteiger partial charge is 0.455 e. The molecule has 0 atom stereocenters. The lowest BCUT2D eigenvalue weighted by molar-refractivity contribution is 0.670. The number of para-hydroxylation sites is 1. The summed E-state index contributed by atoms with van der Waals surface area (Å²) >= 11 is 0. The van der Waals surface area contributed by atoms with Crippen LogP contribution < -0.4 is 0 Å². The molecule has 1 heteroatoms.